The Morgan fingerprint density at radius 3 is 2.10 bits per heavy atom. The number of nitrogens with two attached hydrogens (primary N) is 1. The third kappa shape index (κ3) is 4.88. The van der Waals surface area contributed by atoms with Crippen molar-refractivity contribution in [2.24, 2.45) is 0 Å². The summed E-state index contributed by atoms with van der Waals surface area (Å²) in [5, 5.41) is 0. The monoisotopic (exact) mass is 289 g/mol. The maximum absolute atomic E-state index is 6.06. The Morgan fingerprint density at radius 1 is 0.810 bits per heavy atom. The summed E-state index contributed by atoms with van der Waals surface area (Å²) in [6.45, 7) is 6.65. The first-order valence-corrected chi connectivity index (χ1v) is 10.4. The molecule has 1 nitrogen and oxygen atoms in total. The van der Waals surface area contributed by atoms with Crippen LogP contribution < -0.4 is 5.73 Å². The van der Waals surface area contributed by atoms with Gasteiger partial charge in [-0.15, -0.1) is 5.54 Å². The normalized spacial score (nSPS) is 10.0. The van der Waals surface area contributed by atoms with Gasteiger partial charge in [-0.05, 0) is 30.3 Å². The smallest absolute Gasteiger partial charge is 0.129 e. The highest BCUT2D eigenvalue weighted by Gasteiger charge is 2.07. The molecule has 0 aromatic heterocycles. The Labute approximate surface area is 128 Å². The van der Waals surface area contributed by atoms with Crippen molar-refractivity contribution < 1.29 is 0 Å². The zero-order chi connectivity index (χ0) is 15.3. The van der Waals surface area contributed by atoms with Crippen molar-refractivity contribution in [3.8, 4) is 23.3 Å². The summed E-state index contributed by atoms with van der Waals surface area (Å²) < 4.78 is 0. The van der Waals surface area contributed by atoms with Crippen molar-refractivity contribution in [1.29, 1.82) is 0 Å². The average molecular weight is 289 g/mol. The highest BCUT2D eigenvalue weighted by Crippen LogP contribution is 2.13. The van der Waals surface area contributed by atoms with Gasteiger partial charge in [-0.25, -0.2) is 0 Å². The van der Waals surface area contributed by atoms with Crippen LogP contribution in [0.25, 0.3) is 0 Å². The van der Waals surface area contributed by atoms with Crippen LogP contribution in [0.4, 0.5) is 5.69 Å². The van der Waals surface area contributed by atoms with E-state index in [0.717, 1.165) is 16.7 Å². The molecule has 0 saturated carbocycles. The number of nitrogen functional groups attached to an aromatic ring is 1. The second-order valence-corrected chi connectivity index (χ2v) is 10.7. The van der Waals surface area contributed by atoms with Crippen LogP contribution in [0, 0.1) is 23.3 Å². The van der Waals surface area contributed by atoms with E-state index in [0.29, 0.717) is 5.69 Å². The van der Waals surface area contributed by atoms with Gasteiger partial charge < -0.3 is 5.73 Å². The van der Waals surface area contributed by atoms with E-state index in [1.54, 1.807) is 0 Å². The van der Waals surface area contributed by atoms with Gasteiger partial charge in [0.15, 0.2) is 0 Å². The number of hydrogen-bond donors (Lipinski definition) is 1. The molecule has 0 radical (unpaired) electrons. The Bertz CT molecular complexity index is 747. The topological polar surface area (TPSA) is 26.0 Å². The first kappa shape index (κ1) is 15.0. The molecule has 0 heterocycles. The fourth-order valence-electron chi connectivity index (χ4n) is 1.67. The van der Waals surface area contributed by atoms with Gasteiger partial charge in [0.2, 0.25) is 0 Å². The van der Waals surface area contributed by atoms with E-state index in [-0.39, 0.29) is 0 Å². The van der Waals surface area contributed by atoms with Crippen molar-refractivity contribution in [3.05, 3.63) is 65.2 Å². The fraction of sp³-hybridized carbons (Fsp3) is 0.158. The molecule has 2 aromatic rings. The minimum Gasteiger partial charge on any atom is -0.398 e. The maximum Gasteiger partial charge on any atom is 0.129 e. The van der Waals surface area contributed by atoms with Crippen molar-refractivity contribution in [1.82, 2.24) is 0 Å². The summed E-state index contributed by atoms with van der Waals surface area (Å²) in [4.78, 5) is 0. The van der Waals surface area contributed by atoms with E-state index in [9.17, 15) is 0 Å². The third-order valence-corrected chi connectivity index (χ3v) is 3.62. The largest absolute Gasteiger partial charge is 0.398 e. The van der Waals surface area contributed by atoms with Gasteiger partial charge in [0.25, 0.3) is 0 Å². The molecule has 104 valence electrons. The van der Waals surface area contributed by atoms with Gasteiger partial charge >= 0.3 is 0 Å². The van der Waals surface area contributed by atoms with Crippen LogP contribution >= 0.6 is 0 Å². The summed E-state index contributed by atoms with van der Waals surface area (Å²) in [6, 6.07) is 15.7. The van der Waals surface area contributed by atoms with Gasteiger partial charge in [-0.2, -0.15) is 0 Å². The fourth-order valence-corrected chi connectivity index (χ4v) is 2.18. The van der Waals surface area contributed by atoms with E-state index in [2.05, 4.69) is 42.9 Å². The van der Waals surface area contributed by atoms with Crippen molar-refractivity contribution in [3.63, 3.8) is 0 Å². The van der Waals surface area contributed by atoms with Crippen LogP contribution in [0.2, 0.25) is 19.6 Å². The molecule has 0 atom stereocenters. The summed E-state index contributed by atoms with van der Waals surface area (Å²) in [5.41, 5.74) is 12.9. The van der Waals surface area contributed by atoms with Crippen molar-refractivity contribution >= 4 is 13.8 Å². The van der Waals surface area contributed by atoms with E-state index in [4.69, 9.17) is 5.73 Å². The molecule has 0 aliphatic rings. The van der Waals surface area contributed by atoms with E-state index < -0.39 is 8.07 Å². The summed E-state index contributed by atoms with van der Waals surface area (Å²) in [6.07, 6.45) is 0. The molecule has 0 saturated heterocycles. The summed E-state index contributed by atoms with van der Waals surface area (Å²) in [7, 11) is -1.38. The van der Waals surface area contributed by atoms with Crippen molar-refractivity contribution in [2.45, 2.75) is 19.6 Å². The highest BCUT2D eigenvalue weighted by atomic mass is 28.3. The van der Waals surface area contributed by atoms with Crippen LogP contribution in [0.15, 0.2) is 48.5 Å². The molecule has 0 bridgehead atoms. The van der Waals surface area contributed by atoms with Crippen LogP contribution in [0.3, 0.4) is 0 Å². The molecule has 21 heavy (non-hydrogen) atoms. The average Bonchev–Trinajstić information content (AvgIpc) is 2.44. The van der Waals surface area contributed by atoms with Crippen LogP contribution in [-0.2, 0) is 0 Å². The second-order valence-electron chi connectivity index (χ2n) is 5.92. The number of benzene rings is 2. The maximum atomic E-state index is 6.06. The first-order chi connectivity index (χ1) is 9.94. The van der Waals surface area contributed by atoms with E-state index in [1.165, 1.54) is 0 Å². The molecule has 0 aliphatic carbocycles. The van der Waals surface area contributed by atoms with Gasteiger partial charge in [-0.1, -0.05) is 55.6 Å². The molecule has 0 unspecified atom stereocenters. The Balaban J connectivity index is 2.24. The molecule has 0 spiro atoms. The van der Waals surface area contributed by atoms with Gasteiger partial charge in [-0.3, -0.25) is 0 Å². The molecular weight excluding hydrogens is 270 g/mol. The lowest BCUT2D eigenvalue weighted by Gasteiger charge is -2.04. The second kappa shape index (κ2) is 6.35. The minimum absolute atomic E-state index is 0.695. The predicted octanol–water partition coefficient (Wildman–Crippen LogP) is 3.90. The number of rotatable bonds is 0. The van der Waals surface area contributed by atoms with Crippen LogP contribution in [-0.4, -0.2) is 8.07 Å². The lowest BCUT2D eigenvalue weighted by molar-refractivity contribution is 1.58. The quantitative estimate of drug-likeness (QED) is 0.444. The SMILES string of the molecule is C[Si](C)(C)C#Cc1ccc(C#Cc2ccccc2)cc1N. The standard InChI is InChI=1S/C19H19NSi/c1-21(2,3)14-13-18-12-11-17(15-19(18)20)10-9-16-7-5-4-6-8-16/h4-8,11-12,15H,20H2,1-3H3. The zero-order valence-corrected chi connectivity index (χ0v) is 13.7. The summed E-state index contributed by atoms with van der Waals surface area (Å²) in [5.74, 6) is 9.45. The molecule has 2 aromatic carbocycles. The van der Waals surface area contributed by atoms with Gasteiger partial charge in [0.1, 0.15) is 8.07 Å². The van der Waals surface area contributed by atoms with E-state index >= 15 is 0 Å². The van der Waals surface area contributed by atoms with Crippen LogP contribution in [0.5, 0.6) is 0 Å². The molecular formula is C19H19NSi. The Kier molecular flexibility index (Phi) is 4.53. The first-order valence-electron chi connectivity index (χ1n) is 6.94. The Hall–Kier alpha value is -2.42. The lowest BCUT2D eigenvalue weighted by Crippen LogP contribution is -2.16. The molecule has 2 rings (SSSR count). The molecule has 0 amide bonds. The number of hydrogen-bond acceptors (Lipinski definition) is 1. The minimum atomic E-state index is -1.38. The molecule has 0 fully saturated rings. The summed E-state index contributed by atoms with van der Waals surface area (Å²) >= 11 is 0. The number of anilines is 1. The van der Waals surface area contributed by atoms with Gasteiger partial charge in [0, 0.05) is 22.4 Å². The predicted molar refractivity (Wildman–Crippen MR) is 93.5 cm³/mol. The molecule has 2 heteroatoms. The van der Waals surface area contributed by atoms with Gasteiger partial charge in [0.05, 0.1) is 0 Å². The van der Waals surface area contributed by atoms with Crippen LogP contribution in [0.1, 0.15) is 16.7 Å². The molecule has 2 N–H and O–H groups in total. The highest BCUT2D eigenvalue weighted by molar-refractivity contribution is 6.83. The lowest BCUT2D eigenvalue weighted by atomic mass is 10.1. The third-order valence-electron chi connectivity index (χ3n) is 2.75. The van der Waals surface area contributed by atoms with Crippen molar-refractivity contribution in [2.75, 3.05) is 5.73 Å². The molecule has 0 aliphatic heterocycles. The Morgan fingerprint density at radius 2 is 1.48 bits per heavy atom. The zero-order valence-electron chi connectivity index (χ0n) is 12.7. The van der Waals surface area contributed by atoms with E-state index in [1.807, 2.05) is 48.5 Å².